The Bertz CT molecular complexity index is 618. The second-order valence-electron chi connectivity index (χ2n) is 4.75. The van der Waals surface area contributed by atoms with Crippen LogP contribution in [0.4, 0.5) is 0 Å². The van der Waals surface area contributed by atoms with Crippen molar-refractivity contribution >= 4 is 23.0 Å². The molecule has 1 unspecified atom stereocenters. The number of carbonyl (C=O) groups is 2. The van der Waals surface area contributed by atoms with Crippen molar-refractivity contribution in [2.75, 3.05) is 0 Å². The van der Waals surface area contributed by atoms with Gasteiger partial charge in [-0.3, -0.25) is 9.59 Å². The molecule has 1 N–H and O–H groups in total. The number of nitrogens with zero attached hydrogens (tertiary/aromatic N) is 1. The summed E-state index contributed by atoms with van der Waals surface area (Å²) in [5, 5.41) is 4.90. The number of rotatable bonds is 3. The molecule has 2 aromatic heterocycles. The molecular formula is C14H14N2O3S. The second kappa shape index (κ2) is 5.58. The zero-order valence-electron chi connectivity index (χ0n) is 10.8. The molecular weight excluding hydrogens is 276 g/mol. The summed E-state index contributed by atoms with van der Waals surface area (Å²) in [5.74, 6) is 0.467. The fraction of sp³-hybridized carbons (Fsp3) is 0.357. The Morgan fingerprint density at radius 3 is 3.10 bits per heavy atom. The first kappa shape index (κ1) is 13.1. The van der Waals surface area contributed by atoms with Gasteiger partial charge in [0, 0.05) is 11.8 Å². The van der Waals surface area contributed by atoms with E-state index in [1.54, 1.807) is 23.8 Å². The van der Waals surface area contributed by atoms with Crippen LogP contribution in [0.3, 0.4) is 0 Å². The minimum Gasteiger partial charge on any atom is -0.463 e. The van der Waals surface area contributed by atoms with Crippen LogP contribution in [-0.4, -0.2) is 22.7 Å². The maximum absolute atomic E-state index is 12.1. The average molecular weight is 290 g/mol. The van der Waals surface area contributed by atoms with Crippen LogP contribution in [-0.2, 0) is 4.79 Å². The lowest BCUT2D eigenvalue weighted by Crippen LogP contribution is -2.42. The molecule has 5 nitrogen and oxygen atoms in total. The average Bonchev–Trinajstić information content (AvgIpc) is 3.11. The Kier molecular flexibility index (Phi) is 3.64. The summed E-state index contributed by atoms with van der Waals surface area (Å²) >= 11 is 1.25. The second-order valence-corrected chi connectivity index (χ2v) is 5.61. The summed E-state index contributed by atoms with van der Waals surface area (Å²) < 4.78 is 5.24. The predicted molar refractivity (Wildman–Crippen MR) is 74.5 cm³/mol. The third-order valence-corrected chi connectivity index (χ3v) is 4.17. The van der Waals surface area contributed by atoms with Gasteiger partial charge in [-0.2, -0.15) is 0 Å². The molecule has 0 spiro atoms. The van der Waals surface area contributed by atoms with Crippen LogP contribution in [0.2, 0.25) is 0 Å². The molecule has 2 heterocycles. The first-order chi connectivity index (χ1) is 9.74. The third-order valence-electron chi connectivity index (χ3n) is 3.33. The number of thiazole rings is 1. The Balaban J connectivity index is 1.70. The van der Waals surface area contributed by atoms with Crippen LogP contribution in [0.25, 0.3) is 11.5 Å². The fourth-order valence-corrected chi connectivity index (χ4v) is 2.98. The maximum atomic E-state index is 12.1. The van der Waals surface area contributed by atoms with Crippen molar-refractivity contribution in [1.29, 1.82) is 0 Å². The van der Waals surface area contributed by atoms with Gasteiger partial charge in [0.25, 0.3) is 5.91 Å². The topological polar surface area (TPSA) is 72.2 Å². The Morgan fingerprint density at radius 1 is 1.45 bits per heavy atom. The zero-order valence-corrected chi connectivity index (χ0v) is 11.6. The molecule has 1 aliphatic carbocycles. The number of hydrogen-bond acceptors (Lipinski definition) is 5. The lowest BCUT2D eigenvalue weighted by Gasteiger charge is -2.20. The van der Waals surface area contributed by atoms with Crippen molar-refractivity contribution < 1.29 is 14.0 Å². The number of hydrogen-bond donors (Lipinski definition) is 1. The molecule has 1 fully saturated rings. The highest BCUT2D eigenvalue weighted by Gasteiger charge is 2.25. The van der Waals surface area contributed by atoms with Crippen LogP contribution in [0.1, 0.15) is 35.5 Å². The van der Waals surface area contributed by atoms with Gasteiger partial charge in [-0.1, -0.05) is 6.42 Å². The fourth-order valence-electron chi connectivity index (χ4n) is 2.27. The minimum absolute atomic E-state index is 0.118. The molecule has 0 saturated heterocycles. The number of Topliss-reactive ketones (excluding diaryl/α,β-unsaturated/α-hetero) is 1. The van der Waals surface area contributed by atoms with E-state index in [1.807, 2.05) is 0 Å². The number of ketones is 1. The zero-order chi connectivity index (χ0) is 13.9. The molecule has 3 rings (SSSR count). The van der Waals surface area contributed by atoms with E-state index in [0.717, 1.165) is 19.3 Å². The van der Waals surface area contributed by atoms with Gasteiger partial charge in [-0.05, 0) is 25.0 Å². The van der Waals surface area contributed by atoms with Crippen LogP contribution < -0.4 is 5.32 Å². The number of amides is 1. The van der Waals surface area contributed by atoms with E-state index in [1.165, 1.54) is 11.3 Å². The summed E-state index contributed by atoms with van der Waals surface area (Å²) in [6.07, 6.45) is 4.74. The lowest BCUT2D eigenvalue weighted by atomic mass is 9.94. The van der Waals surface area contributed by atoms with Crippen molar-refractivity contribution in [2.45, 2.75) is 31.7 Å². The van der Waals surface area contributed by atoms with E-state index < -0.39 is 0 Å². The molecule has 104 valence electrons. The SMILES string of the molecule is O=C(NC1CCCCC1=O)c1nc(-c2ccco2)cs1. The number of carbonyl (C=O) groups excluding carboxylic acids is 2. The maximum Gasteiger partial charge on any atom is 0.280 e. The largest absolute Gasteiger partial charge is 0.463 e. The van der Waals surface area contributed by atoms with E-state index in [-0.39, 0.29) is 17.7 Å². The van der Waals surface area contributed by atoms with Crippen LogP contribution >= 0.6 is 11.3 Å². The Morgan fingerprint density at radius 2 is 2.35 bits per heavy atom. The lowest BCUT2D eigenvalue weighted by molar-refractivity contribution is -0.122. The Hall–Kier alpha value is -1.95. The molecule has 1 amide bonds. The highest BCUT2D eigenvalue weighted by Crippen LogP contribution is 2.22. The molecule has 0 radical (unpaired) electrons. The highest BCUT2D eigenvalue weighted by atomic mass is 32.1. The number of furan rings is 1. The van der Waals surface area contributed by atoms with Gasteiger partial charge in [-0.15, -0.1) is 11.3 Å². The van der Waals surface area contributed by atoms with Gasteiger partial charge in [-0.25, -0.2) is 4.98 Å². The third kappa shape index (κ3) is 2.65. The quantitative estimate of drug-likeness (QED) is 0.943. The van der Waals surface area contributed by atoms with Gasteiger partial charge < -0.3 is 9.73 Å². The first-order valence-corrected chi connectivity index (χ1v) is 7.45. The minimum atomic E-state index is -0.354. The Labute approximate surface area is 120 Å². The molecule has 0 aliphatic heterocycles. The van der Waals surface area contributed by atoms with Gasteiger partial charge in [0.2, 0.25) is 0 Å². The molecule has 0 aromatic carbocycles. The predicted octanol–water partition coefficient (Wildman–Crippen LogP) is 2.64. The summed E-state index contributed by atoms with van der Waals surface area (Å²) in [6, 6.07) is 3.21. The monoisotopic (exact) mass is 290 g/mol. The van der Waals surface area contributed by atoms with Crippen LogP contribution in [0.5, 0.6) is 0 Å². The van der Waals surface area contributed by atoms with Crippen molar-refractivity contribution in [2.24, 2.45) is 0 Å². The van der Waals surface area contributed by atoms with Gasteiger partial charge in [0.15, 0.2) is 16.6 Å². The molecule has 6 heteroatoms. The summed E-state index contributed by atoms with van der Waals surface area (Å²) in [4.78, 5) is 28.0. The highest BCUT2D eigenvalue weighted by molar-refractivity contribution is 7.12. The van der Waals surface area contributed by atoms with Gasteiger partial charge in [0.1, 0.15) is 5.69 Å². The smallest absolute Gasteiger partial charge is 0.280 e. The van der Waals surface area contributed by atoms with Crippen molar-refractivity contribution in [3.05, 3.63) is 28.8 Å². The molecule has 0 bridgehead atoms. The molecule has 1 aliphatic rings. The number of aromatic nitrogens is 1. The van der Waals surface area contributed by atoms with Crippen molar-refractivity contribution in [3.8, 4) is 11.5 Å². The van der Waals surface area contributed by atoms with Gasteiger partial charge >= 0.3 is 0 Å². The summed E-state index contributed by atoms with van der Waals surface area (Å²) in [6.45, 7) is 0. The number of nitrogens with one attached hydrogen (secondary N) is 1. The van der Waals surface area contributed by atoms with E-state index in [2.05, 4.69) is 10.3 Å². The van der Waals surface area contributed by atoms with E-state index in [9.17, 15) is 9.59 Å². The first-order valence-electron chi connectivity index (χ1n) is 6.57. The van der Waals surface area contributed by atoms with Crippen molar-refractivity contribution in [3.63, 3.8) is 0 Å². The molecule has 2 aromatic rings. The van der Waals surface area contributed by atoms with Crippen molar-refractivity contribution in [1.82, 2.24) is 10.3 Å². The van der Waals surface area contributed by atoms with Crippen LogP contribution in [0, 0.1) is 0 Å². The van der Waals surface area contributed by atoms with E-state index in [0.29, 0.717) is 22.9 Å². The summed E-state index contributed by atoms with van der Waals surface area (Å²) in [7, 11) is 0. The molecule has 20 heavy (non-hydrogen) atoms. The van der Waals surface area contributed by atoms with Gasteiger partial charge in [0.05, 0.1) is 12.3 Å². The summed E-state index contributed by atoms with van der Waals surface area (Å²) in [5.41, 5.74) is 0.639. The molecule has 1 atom stereocenters. The van der Waals surface area contributed by atoms with E-state index >= 15 is 0 Å². The normalized spacial score (nSPS) is 19.0. The van der Waals surface area contributed by atoms with Crippen LogP contribution in [0.15, 0.2) is 28.2 Å². The molecule has 1 saturated carbocycles. The standard InChI is InChI=1S/C14H14N2O3S/c17-11-5-2-1-4-9(11)15-13(18)14-16-10(8-20-14)12-6-3-7-19-12/h3,6-9H,1-2,4-5H2,(H,15,18). The van der Waals surface area contributed by atoms with E-state index in [4.69, 9.17) is 4.42 Å².